The standard InChI is InChI=1S/C23H28N2O3/c1-15(2)28-21-11-6-5-9-18(21)13-24-23(27)19-12-22(26)25(14-19)20-10-7-8-16(3)17(20)4/h5-11,15,19H,12-14H2,1-4H3,(H,24,27)/t19-/m1/s1. The summed E-state index contributed by atoms with van der Waals surface area (Å²) in [4.78, 5) is 27.0. The van der Waals surface area contributed by atoms with Crippen LogP contribution in [0.2, 0.25) is 0 Å². The highest BCUT2D eigenvalue weighted by atomic mass is 16.5. The van der Waals surface area contributed by atoms with Crippen LogP contribution in [0, 0.1) is 19.8 Å². The van der Waals surface area contributed by atoms with Crippen LogP contribution in [-0.4, -0.2) is 24.5 Å². The lowest BCUT2D eigenvalue weighted by Crippen LogP contribution is -2.33. The summed E-state index contributed by atoms with van der Waals surface area (Å²) >= 11 is 0. The highest BCUT2D eigenvalue weighted by molar-refractivity contribution is 6.00. The molecule has 2 amide bonds. The molecule has 1 heterocycles. The van der Waals surface area contributed by atoms with E-state index < -0.39 is 0 Å². The molecule has 1 saturated heterocycles. The van der Waals surface area contributed by atoms with Gasteiger partial charge in [-0.05, 0) is 51.0 Å². The van der Waals surface area contributed by atoms with E-state index in [9.17, 15) is 9.59 Å². The summed E-state index contributed by atoms with van der Waals surface area (Å²) < 4.78 is 5.81. The van der Waals surface area contributed by atoms with E-state index in [-0.39, 0.29) is 30.3 Å². The van der Waals surface area contributed by atoms with Crippen LogP contribution in [0.3, 0.4) is 0 Å². The molecule has 0 unspecified atom stereocenters. The number of para-hydroxylation sites is 1. The number of anilines is 1. The van der Waals surface area contributed by atoms with E-state index in [1.54, 1.807) is 4.90 Å². The van der Waals surface area contributed by atoms with E-state index in [0.29, 0.717) is 13.1 Å². The molecule has 1 aliphatic rings. The summed E-state index contributed by atoms with van der Waals surface area (Å²) in [5, 5.41) is 2.98. The second-order valence-electron chi connectivity index (χ2n) is 7.62. The Balaban J connectivity index is 1.65. The molecule has 2 aromatic rings. The summed E-state index contributed by atoms with van der Waals surface area (Å²) in [6, 6.07) is 13.6. The van der Waals surface area contributed by atoms with Gasteiger partial charge < -0.3 is 15.0 Å². The molecule has 28 heavy (non-hydrogen) atoms. The number of hydrogen-bond donors (Lipinski definition) is 1. The average Bonchev–Trinajstić information content (AvgIpc) is 3.04. The van der Waals surface area contributed by atoms with E-state index in [1.807, 2.05) is 70.2 Å². The number of carbonyl (C=O) groups excluding carboxylic acids is 2. The summed E-state index contributed by atoms with van der Waals surface area (Å²) in [5.74, 6) is 0.334. The number of rotatable bonds is 6. The first-order valence-electron chi connectivity index (χ1n) is 9.75. The Kier molecular flexibility index (Phi) is 6.02. The van der Waals surface area contributed by atoms with Gasteiger partial charge in [0.2, 0.25) is 11.8 Å². The van der Waals surface area contributed by atoms with Crippen molar-refractivity contribution in [3.05, 3.63) is 59.2 Å². The van der Waals surface area contributed by atoms with Crippen molar-refractivity contribution in [3.8, 4) is 5.75 Å². The van der Waals surface area contributed by atoms with Crippen molar-refractivity contribution in [1.82, 2.24) is 5.32 Å². The van der Waals surface area contributed by atoms with Crippen LogP contribution in [0.5, 0.6) is 5.75 Å². The van der Waals surface area contributed by atoms with Crippen molar-refractivity contribution in [2.24, 2.45) is 5.92 Å². The molecule has 0 bridgehead atoms. The topological polar surface area (TPSA) is 58.6 Å². The minimum atomic E-state index is -0.342. The molecule has 0 aliphatic carbocycles. The fourth-order valence-corrected chi connectivity index (χ4v) is 3.49. The lowest BCUT2D eigenvalue weighted by Gasteiger charge is -2.20. The van der Waals surface area contributed by atoms with Gasteiger partial charge in [0, 0.05) is 30.8 Å². The first kappa shape index (κ1) is 19.9. The molecule has 0 saturated carbocycles. The smallest absolute Gasteiger partial charge is 0.227 e. The van der Waals surface area contributed by atoms with Crippen LogP contribution in [0.25, 0.3) is 0 Å². The zero-order chi connectivity index (χ0) is 20.3. The number of hydrogen-bond acceptors (Lipinski definition) is 3. The predicted molar refractivity (Wildman–Crippen MR) is 110 cm³/mol. The molecule has 0 aromatic heterocycles. The molecular formula is C23H28N2O3. The Hall–Kier alpha value is -2.82. The zero-order valence-corrected chi connectivity index (χ0v) is 17.0. The molecule has 5 nitrogen and oxygen atoms in total. The van der Waals surface area contributed by atoms with Gasteiger partial charge in [-0.25, -0.2) is 0 Å². The van der Waals surface area contributed by atoms with Gasteiger partial charge in [0.25, 0.3) is 0 Å². The highest BCUT2D eigenvalue weighted by Gasteiger charge is 2.35. The predicted octanol–water partition coefficient (Wildman–Crippen LogP) is 3.76. The molecule has 1 aliphatic heterocycles. The van der Waals surface area contributed by atoms with Gasteiger partial charge in [0.1, 0.15) is 5.75 Å². The molecular weight excluding hydrogens is 352 g/mol. The maximum atomic E-state index is 12.7. The van der Waals surface area contributed by atoms with Gasteiger partial charge in [-0.1, -0.05) is 30.3 Å². The lowest BCUT2D eigenvalue weighted by molar-refractivity contribution is -0.126. The summed E-state index contributed by atoms with van der Waals surface area (Å²) in [6.45, 7) is 8.79. The summed E-state index contributed by atoms with van der Waals surface area (Å²) in [5.41, 5.74) is 4.05. The molecule has 1 N–H and O–H groups in total. The first-order valence-corrected chi connectivity index (χ1v) is 9.75. The molecule has 0 radical (unpaired) electrons. The molecule has 1 fully saturated rings. The molecule has 0 spiro atoms. The van der Waals surface area contributed by atoms with Gasteiger partial charge >= 0.3 is 0 Å². The third kappa shape index (κ3) is 4.35. The van der Waals surface area contributed by atoms with Crippen LogP contribution in [0.15, 0.2) is 42.5 Å². The zero-order valence-electron chi connectivity index (χ0n) is 17.0. The number of carbonyl (C=O) groups is 2. The SMILES string of the molecule is Cc1cccc(N2C[C@H](C(=O)NCc3ccccc3OC(C)C)CC2=O)c1C. The minimum absolute atomic E-state index is 0.00242. The van der Waals surface area contributed by atoms with Crippen molar-refractivity contribution in [2.45, 2.75) is 46.8 Å². The summed E-state index contributed by atoms with van der Waals surface area (Å²) in [7, 11) is 0. The van der Waals surface area contributed by atoms with Crippen molar-refractivity contribution in [3.63, 3.8) is 0 Å². The van der Waals surface area contributed by atoms with Crippen molar-refractivity contribution >= 4 is 17.5 Å². The highest BCUT2D eigenvalue weighted by Crippen LogP contribution is 2.29. The van der Waals surface area contributed by atoms with E-state index in [2.05, 4.69) is 5.32 Å². The molecule has 148 valence electrons. The Morgan fingerprint density at radius 1 is 1.18 bits per heavy atom. The largest absolute Gasteiger partial charge is 0.491 e. The Labute approximate surface area is 166 Å². The molecule has 1 atom stereocenters. The first-order chi connectivity index (χ1) is 13.4. The van der Waals surface area contributed by atoms with E-state index >= 15 is 0 Å². The minimum Gasteiger partial charge on any atom is -0.491 e. The van der Waals surface area contributed by atoms with Gasteiger partial charge in [0.05, 0.1) is 12.0 Å². The van der Waals surface area contributed by atoms with Crippen LogP contribution in [-0.2, 0) is 16.1 Å². The monoisotopic (exact) mass is 380 g/mol. The number of nitrogens with zero attached hydrogens (tertiary/aromatic N) is 1. The number of ether oxygens (including phenoxy) is 1. The number of aryl methyl sites for hydroxylation is 1. The van der Waals surface area contributed by atoms with Crippen molar-refractivity contribution in [2.75, 3.05) is 11.4 Å². The normalized spacial score (nSPS) is 16.5. The molecule has 3 rings (SSSR count). The van der Waals surface area contributed by atoms with Crippen molar-refractivity contribution < 1.29 is 14.3 Å². The molecule has 2 aromatic carbocycles. The maximum absolute atomic E-state index is 12.7. The third-order valence-corrected chi connectivity index (χ3v) is 5.15. The van der Waals surface area contributed by atoms with Gasteiger partial charge in [-0.2, -0.15) is 0 Å². The van der Waals surface area contributed by atoms with Gasteiger partial charge in [-0.15, -0.1) is 0 Å². The Morgan fingerprint density at radius 2 is 1.93 bits per heavy atom. The van der Waals surface area contributed by atoms with Gasteiger partial charge in [0.15, 0.2) is 0 Å². The Morgan fingerprint density at radius 3 is 2.68 bits per heavy atom. The van der Waals surface area contributed by atoms with E-state index in [4.69, 9.17) is 4.74 Å². The van der Waals surface area contributed by atoms with Crippen molar-refractivity contribution in [1.29, 1.82) is 0 Å². The number of amides is 2. The van der Waals surface area contributed by atoms with Crippen LogP contribution in [0.1, 0.15) is 37.0 Å². The van der Waals surface area contributed by atoms with E-state index in [1.165, 1.54) is 0 Å². The maximum Gasteiger partial charge on any atom is 0.227 e. The number of nitrogens with one attached hydrogen (secondary N) is 1. The Bertz CT molecular complexity index is 876. The lowest BCUT2D eigenvalue weighted by atomic mass is 10.1. The van der Waals surface area contributed by atoms with E-state index in [0.717, 1.165) is 28.1 Å². The second-order valence-corrected chi connectivity index (χ2v) is 7.62. The number of benzene rings is 2. The van der Waals surface area contributed by atoms with Crippen LogP contribution in [0.4, 0.5) is 5.69 Å². The summed E-state index contributed by atoms with van der Waals surface area (Å²) in [6.07, 6.45) is 0.305. The van der Waals surface area contributed by atoms with Gasteiger partial charge in [-0.3, -0.25) is 9.59 Å². The fourth-order valence-electron chi connectivity index (χ4n) is 3.49. The second kappa shape index (κ2) is 8.46. The van der Waals surface area contributed by atoms with Crippen LogP contribution < -0.4 is 15.0 Å². The fraction of sp³-hybridized carbons (Fsp3) is 0.391. The quantitative estimate of drug-likeness (QED) is 0.830. The molecule has 5 heteroatoms. The average molecular weight is 380 g/mol. The van der Waals surface area contributed by atoms with Crippen LogP contribution >= 0.6 is 0 Å². The third-order valence-electron chi connectivity index (χ3n) is 5.15.